The summed E-state index contributed by atoms with van der Waals surface area (Å²) in [5, 5.41) is 7.38. The van der Waals surface area contributed by atoms with Gasteiger partial charge in [-0.2, -0.15) is 0 Å². The van der Waals surface area contributed by atoms with Gasteiger partial charge in [0.25, 0.3) is 0 Å². The molecular weight excluding hydrogens is 516 g/mol. The van der Waals surface area contributed by atoms with Crippen LogP contribution in [0.5, 0.6) is 0 Å². The van der Waals surface area contributed by atoms with Crippen LogP contribution in [0.25, 0.3) is 76.9 Å². The predicted molar refractivity (Wildman–Crippen MR) is 177 cm³/mol. The molecule has 8 aromatic rings. The molecule has 0 aliphatic carbocycles. The Hall–Kier alpha value is -4.79. The van der Waals surface area contributed by atoms with E-state index < -0.39 is 0 Å². The average Bonchev–Trinajstić information content (AvgIpc) is 3.43. The first-order valence-electron chi connectivity index (χ1n) is 13.9. The first-order valence-corrected chi connectivity index (χ1v) is 15.1. The van der Waals surface area contributed by atoms with Gasteiger partial charge >= 0.3 is 0 Å². The standard InChI is InChI=1S/C39H26OS/c1-41-28-23-21-27(22-24-28)38-33-12-4-2-10-31(33)37(32-11-3-5-13-34(32)38)26-19-17-25(18-20-26)29-14-8-15-35-30-9-6-7-16-36(30)40-39(29)35/h2-24H,1H3. The molecule has 0 N–H and O–H groups in total. The van der Waals surface area contributed by atoms with Gasteiger partial charge in [0.2, 0.25) is 0 Å². The third kappa shape index (κ3) is 3.87. The molecule has 0 bridgehead atoms. The third-order valence-electron chi connectivity index (χ3n) is 8.20. The van der Waals surface area contributed by atoms with Crippen molar-refractivity contribution in [1.29, 1.82) is 0 Å². The molecule has 1 nitrogen and oxygen atoms in total. The predicted octanol–water partition coefficient (Wildman–Crippen LogP) is 11.6. The van der Waals surface area contributed by atoms with E-state index in [0.29, 0.717) is 0 Å². The van der Waals surface area contributed by atoms with Gasteiger partial charge in [-0.05, 0) is 73.8 Å². The second-order valence-corrected chi connectivity index (χ2v) is 11.3. The van der Waals surface area contributed by atoms with Crippen LogP contribution in [-0.2, 0) is 0 Å². The van der Waals surface area contributed by atoms with Gasteiger partial charge in [0.1, 0.15) is 11.2 Å². The summed E-state index contributed by atoms with van der Waals surface area (Å²) < 4.78 is 6.34. The van der Waals surface area contributed by atoms with Gasteiger partial charge < -0.3 is 4.42 Å². The van der Waals surface area contributed by atoms with E-state index in [1.807, 2.05) is 12.1 Å². The first-order chi connectivity index (χ1) is 20.3. The number of thioether (sulfide) groups is 1. The molecule has 194 valence electrons. The molecule has 0 atom stereocenters. The number of hydrogen-bond acceptors (Lipinski definition) is 2. The minimum Gasteiger partial charge on any atom is -0.455 e. The van der Waals surface area contributed by atoms with Crippen LogP contribution < -0.4 is 0 Å². The summed E-state index contributed by atoms with van der Waals surface area (Å²) in [7, 11) is 0. The normalized spacial score (nSPS) is 11.6. The van der Waals surface area contributed by atoms with Crippen molar-refractivity contribution < 1.29 is 4.42 Å². The lowest BCUT2D eigenvalue weighted by molar-refractivity contribution is 0.670. The van der Waals surface area contributed by atoms with Crippen molar-refractivity contribution in [3.63, 3.8) is 0 Å². The van der Waals surface area contributed by atoms with E-state index in [2.05, 4.69) is 134 Å². The Morgan fingerprint density at radius 2 is 0.878 bits per heavy atom. The van der Waals surface area contributed by atoms with Crippen LogP contribution in [0.15, 0.2) is 149 Å². The molecule has 2 heteroatoms. The third-order valence-corrected chi connectivity index (χ3v) is 8.94. The summed E-state index contributed by atoms with van der Waals surface area (Å²) in [6.45, 7) is 0. The fraction of sp³-hybridized carbons (Fsp3) is 0.0256. The van der Waals surface area contributed by atoms with E-state index in [9.17, 15) is 0 Å². The zero-order chi connectivity index (χ0) is 27.3. The van der Waals surface area contributed by atoms with E-state index in [1.54, 1.807) is 11.8 Å². The fourth-order valence-corrected chi connectivity index (χ4v) is 6.71. The molecule has 0 spiro atoms. The number of hydrogen-bond donors (Lipinski definition) is 0. The Morgan fingerprint density at radius 1 is 0.415 bits per heavy atom. The van der Waals surface area contributed by atoms with Crippen molar-refractivity contribution in [2.75, 3.05) is 6.26 Å². The van der Waals surface area contributed by atoms with Crippen molar-refractivity contribution in [2.45, 2.75) is 4.90 Å². The molecule has 0 fully saturated rings. The summed E-state index contributed by atoms with van der Waals surface area (Å²) >= 11 is 1.77. The van der Waals surface area contributed by atoms with E-state index in [1.165, 1.54) is 48.7 Å². The SMILES string of the molecule is CSc1ccc(-c2c3ccccc3c(-c3ccc(-c4cccc5c4oc4ccccc45)cc3)c3ccccc23)cc1. The van der Waals surface area contributed by atoms with Crippen molar-refractivity contribution in [2.24, 2.45) is 0 Å². The van der Waals surface area contributed by atoms with Crippen molar-refractivity contribution in [3.8, 4) is 33.4 Å². The topological polar surface area (TPSA) is 13.1 Å². The summed E-state index contributed by atoms with van der Waals surface area (Å²) in [6.07, 6.45) is 2.12. The maximum absolute atomic E-state index is 6.34. The van der Waals surface area contributed by atoms with Gasteiger partial charge in [0.05, 0.1) is 0 Å². The first kappa shape index (κ1) is 24.0. The van der Waals surface area contributed by atoms with Crippen LogP contribution in [0.3, 0.4) is 0 Å². The Labute approximate surface area is 243 Å². The molecule has 0 radical (unpaired) electrons. The Balaban J connectivity index is 1.33. The zero-order valence-electron chi connectivity index (χ0n) is 22.6. The van der Waals surface area contributed by atoms with E-state index in [4.69, 9.17) is 4.42 Å². The lowest BCUT2D eigenvalue weighted by Crippen LogP contribution is -1.91. The van der Waals surface area contributed by atoms with Crippen LogP contribution in [0.1, 0.15) is 0 Å². The van der Waals surface area contributed by atoms with Gasteiger partial charge in [0.15, 0.2) is 0 Å². The lowest BCUT2D eigenvalue weighted by Gasteiger charge is -2.18. The molecule has 0 amide bonds. The summed E-state index contributed by atoms with van der Waals surface area (Å²) in [4.78, 5) is 1.28. The highest BCUT2D eigenvalue weighted by molar-refractivity contribution is 7.98. The molecule has 41 heavy (non-hydrogen) atoms. The van der Waals surface area contributed by atoms with Crippen LogP contribution >= 0.6 is 11.8 Å². The van der Waals surface area contributed by atoms with Gasteiger partial charge in [-0.25, -0.2) is 0 Å². The van der Waals surface area contributed by atoms with E-state index in [0.717, 1.165) is 33.1 Å². The second-order valence-electron chi connectivity index (χ2n) is 10.4. The van der Waals surface area contributed by atoms with Gasteiger partial charge in [-0.15, -0.1) is 11.8 Å². The molecule has 0 saturated carbocycles. The van der Waals surface area contributed by atoms with E-state index in [-0.39, 0.29) is 0 Å². The molecule has 8 rings (SSSR count). The summed E-state index contributed by atoms with van der Waals surface area (Å²) in [6, 6.07) is 50.3. The van der Waals surface area contributed by atoms with Crippen molar-refractivity contribution >= 4 is 55.2 Å². The van der Waals surface area contributed by atoms with Gasteiger partial charge in [-0.1, -0.05) is 121 Å². The molecule has 0 saturated heterocycles. The summed E-state index contributed by atoms with van der Waals surface area (Å²) in [5.74, 6) is 0. The largest absolute Gasteiger partial charge is 0.455 e. The van der Waals surface area contributed by atoms with Crippen LogP contribution in [0.4, 0.5) is 0 Å². The molecule has 0 aliphatic rings. The van der Waals surface area contributed by atoms with Crippen LogP contribution in [-0.4, -0.2) is 6.26 Å². The highest BCUT2D eigenvalue weighted by Crippen LogP contribution is 2.44. The van der Waals surface area contributed by atoms with E-state index >= 15 is 0 Å². The monoisotopic (exact) mass is 542 g/mol. The number of para-hydroxylation sites is 2. The van der Waals surface area contributed by atoms with Gasteiger partial charge in [-0.3, -0.25) is 0 Å². The molecule has 0 unspecified atom stereocenters. The number of fused-ring (bicyclic) bond motifs is 5. The Bertz CT molecular complexity index is 2160. The summed E-state index contributed by atoms with van der Waals surface area (Å²) in [5.41, 5.74) is 9.15. The van der Waals surface area contributed by atoms with Crippen LogP contribution in [0, 0.1) is 0 Å². The maximum Gasteiger partial charge on any atom is 0.143 e. The minimum absolute atomic E-state index is 0.924. The smallest absolute Gasteiger partial charge is 0.143 e. The molecule has 0 aliphatic heterocycles. The van der Waals surface area contributed by atoms with Crippen LogP contribution in [0.2, 0.25) is 0 Å². The molecular formula is C39H26OS. The number of rotatable bonds is 4. The lowest BCUT2D eigenvalue weighted by atomic mass is 9.85. The maximum atomic E-state index is 6.34. The number of benzene rings is 7. The second kappa shape index (κ2) is 9.69. The highest BCUT2D eigenvalue weighted by atomic mass is 32.2. The molecule has 7 aromatic carbocycles. The Morgan fingerprint density at radius 3 is 1.44 bits per heavy atom. The highest BCUT2D eigenvalue weighted by Gasteiger charge is 2.17. The van der Waals surface area contributed by atoms with Gasteiger partial charge in [0, 0.05) is 21.2 Å². The molecule has 1 aromatic heterocycles. The zero-order valence-corrected chi connectivity index (χ0v) is 23.4. The number of furan rings is 1. The average molecular weight is 543 g/mol. The minimum atomic E-state index is 0.924. The molecule has 1 heterocycles. The van der Waals surface area contributed by atoms with Crippen molar-refractivity contribution in [1.82, 2.24) is 0 Å². The fourth-order valence-electron chi connectivity index (χ4n) is 6.30. The van der Waals surface area contributed by atoms with Crippen molar-refractivity contribution in [3.05, 3.63) is 140 Å². The Kier molecular flexibility index (Phi) is 5.68. The quantitative estimate of drug-likeness (QED) is 0.162.